The Bertz CT molecular complexity index is 1170. The van der Waals surface area contributed by atoms with E-state index in [4.69, 9.17) is 21.7 Å². The van der Waals surface area contributed by atoms with Crippen molar-refractivity contribution in [3.05, 3.63) is 71.3 Å². The van der Waals surface area contributed by atoms with E-state index in [0.29, 0.717) is 11.6 Å². The van der Waals surface area contributed by atoms with Crippen molar-refractivity contribution in [3.8, 4) is 11.4 Å². The van der Waals surface area contributed by atoms with Crippen molar-refractivity contribution in [2.45, 2.75) is 44.1 Å². The van der Waals surface area contributed by atoms with Gasteiger partial charge in [0.25, 0.3) is 0 Å². The molecule has 5 atom stereocenters. The van der Waals surface area contributed by atoms with Crippen LogP contribution in [-0.4, -0.2) is 66.5 Å². The summed E-state index contributed by atoms with van der Waals surface area (Å²) in [6.45, 7) is 0.815. The molecular formula is C23H26N4O6S. The van der Waals surface area contributed by atoms with Crippen molar-refractivity contribution < 1.29 is 29.6 Å². The van der Waals surface area contributed by atoms with Crippen LogP contribution in [0.3, 0.4) is 0 Å². The number of carbonyl (C=O) groups excluding carboxylic acids is 1. The van der Waals surface area contributed by atoms with Gasteiger partial charge in [-0.15, -0.1) is 0 Å². The highest BCUT2D eigenvalue weighted by Crippen LogP contribution is 2.29. The molecule has 180 valence electrons. The van der Waals surface area contributed by atoms with Crippen LogP contribution in [0.4, 0.5) is 0 Å². The van der Waals surface area contributed by atoms with Gasteiger partial charge in [-0.1, -0.05) is 36.4 Å². The first-order chi connectivity index (χ1) is 16.4. The van der Waals surface area contributed by atoms with Gasteiger partial charge in [-0.25, -0.2) is 4.68 Å². The number of amides is 1. The number of aliphatic hydroxyl groups is 3. The minimum absolute atomic E-state index is 0.0711. The van der Waals surface area contributed by atoms with Crippen LogP contribution in [0.25, 0.3) is 5.69 Å². The molecule has 4 N–H and O–H groups in total. The van der Waals surface area contributed by atoms with Gasteiger partial charge in [-0.2, -0.15) is 5.10 Å². The molecule has 4 rings (SSSR count). The molecule has 1 aromatic heterocycles. The minimum atomic E-state index is -1.42. The Kier molecular flexibility index (Phi) is 7.39. The van der Waals surface area contributed by atoms with Crippen LogP contribution in [0.15, 0.2) is 60.7 Å². The van der Waals surface area contributed by atoms with Crippen LogP contribution < -0.4 is 10.1 Å². The van der Waals surface area contributed by atoms with E-state index < -0.39 is 43.1 Å². The van der Waals surface area contributed by atoms with E-state index in [1.54, 1.807) is 4.57 Å². The number of nitrogens with zero attached hydrogens (tertiary/aromatic N) is 3. The van der Waals surface area contributed by atoms with Crippen LogP contribution in [-0.2, 0) is 16.1 Å². The number of carbonyl (C=O) groups is 1. The number of benzene rings is 2. The zero-order valence-electron chi connectivity index (χ0n) is 18.4. The lowest BCUT2D eigenvalue weighted by molar-refractivity contribution is -0.219. The lowest BCUT2D eigenvalue weighted by Gasteiger charge is -2.42. The van der Waals surface area contributed by atoms with Crippen molar-refractivity contribution in [2.24, 2.45) is 0 Å². The SMILES string of the molecule is CC(=O)N[C@H]1[C@H](O)[C@H](O)[C@H](CO)O[C@@H]1n1nc(COc2ccccc2)n(-c2ccccc2)c1=S. The normalized spacial score (nSPS) is 24.5. The number of nitrogens with one attached hydrogen (secondary N) is 1. The fourth-order valence-corrected chi connectivity index (χ4v) is 4.24. The topological polar surface area (TPSA) is 131 Å². The van der Waals surface area contributed by atoms with Crippen molar-refractivity contribution in [3.63, 3.8) is 0 Å². The largest absolute Gasteiger partial charge is 0.486 e. The van der Waals surface area contributed by atoms with Gasteiger partial charge in [0.15, 0.2) is 12.1 Å². The van der Waals surface area contributed by atoms with Gasteiger partial charge in [-0.3, -0.25) is 9.36 Å². The minimum Gasteiger partial charge on any atom is -0.486 e. The zero-order chi connectivity index (χ0) is 24.2. The number of rotatable bonds is 7. The molecule has 1 fully saturated rings. The van der Waals surface area contributed by atoms with E-state index in [-0.39, 0.29) is 11.4 Å². The third-order valence-corrected chi connectivity index (χ3v) is 5.87. The number of ether oxygens (including phenoxy) is 2. The standard InChI is InChI=1S/C23H26N4O6S/c1-14(29)24-19-21(31)20(30)17(12-28)33-22(19)27-23(34)26(15-8-4-2-5-9-15)18(25-27)13-32-16-10-6-3-7-11-16/h2-11,17,19-22,28,30-31H,12-13H2,1H3,(H,24,29)/t17-,19-,20+,21-,22-/m0/s1. The average Bonchev–Trinajstić information content (AvgIpc) is 3.17. The van der Waals surface area contributed by atoms with Gasteiger partial charge < -0.3 is 30.1 Å². The van der Waals surface area contributed by atoms with E-state index in [1.165, 1.54) is 11.6 Å². The van der Waals surface area contributed by atoms with E-state index >= 15 is 0 Å². The molecule has 0 spiro atoms. The second kappa shape index (κ2) is 10.5. The number of aliphatic hydroxyl groups excluding tert-OH is 3. The van der Waals surface area contributed by atoms with Crippen LogP contribution in [0, 0.1) is 4.77 Å². The van der Waals surface area contributed by atoms with E-state index in [1.807, 2.05) is 60.7 Å². The van der Waals surface area contributed by atoms with Gasteiger partial charge in [0.1, 0.15) is 36.7 Å². The summed E-state index contributed by atoms with van der Waals surface area (Å²) in [6, 6.07) is 17.5. The quantitative estimate of drug-likeness (QED) is 0.365. The van der Waals surface area contributed by atoms with Gasteiger partial charge in [0.2, 0.25) is 10.7 Å². The molecule has 3 aromatic rings. The molecule has 2 aromatic carbocycles. The second-order valence-electron chi connectivity index (χ2n) is 7.87. The van der Waals surface area contributed by atoms with E-state index in [0.717, 1.165) is 5.69 Å². The van der Waals surface area contributed by atoms with Crippen molar-refractivity contribution in [1.29, 1.82) is 0 Å². The molecule has 34 heavy (non-hydrogen) atoms. The Morgan fingerprint density at radius 1 is 1.12 bits per heavy atom. The summed E-state index contributed by atoms with van der Waals surface area (Å²) in [5.41, 5.74) is 0.733. The fraction of sp³-hybridized carbons (Fsp3) is 0.348. The van der Waals surface area contributed by atoms with E-state index in [2.05, 4.69) is 10.4 Å². The molecule has 2 heterocycles. The van der Waals surface area contributed by atoms with Crippen LogP contribution >= 0.6 is 12.2 Å². The summed E-state index contributed by atoms with van der Waals surface area (Å²) in [5.74, 6) is 0.659. The summed E-state index contributed by atoms with van der Waals surface area (Å²) < 4.78 is 15.0. The summed E-state index contributed by atoms with van der Waals surface area (Å²) >= 11 is 5.72. The summed E-state index contributed by atoms with van der Waals surface area (Å²) in [5, 5.41) is 37.9. The number of aromatic nitrogens is 3. The molecule has 10 nitrogen and oxygen atoms in total. The highest BCUT2D eigenvalue weighted by Gasteiger charge is 2.46. The smallest absolute Gasteiger partial charge is 0.217 e. The maximum absolute atomic E-state index is 11.8. The van der Waals surface area contributed by atoms with Gasteiger partial charge >= 0.3 is 0 Å². The monoisotopic (exact) mass is 486 g/mol. The molecule has 0 bridgehead atoms. The fourth-order valence-electron chi connectivity index (χ4n) is 3.88. The van der Waals surface area contributed by atoms with E-state index in [9.17, 15) is 20.1 Å². The zero-order valence-corrected chi connectivity index (χ0v) is 19.2. The van der Waals surface area contributed by atoms with Crippen LogP contribution in [0.1, 0.15) is 19.0 Å². The van der Waals surface area contributed by atoms with Crippen molar-refractivity contribution >= 4 is 18.1 Å². The van der Waals surface area contributed by atoms with Crippen LogP contribution in [0.2, 0.25) is 0 Å². The summed E-state index contributed by atoms with van der Waals surface area (Å²) in [7, 11) is 0. The molecule has 1 aliphatic rings. The van der Waals surface area contributed by atoms with Crippen molar-refractivity contribution in [2.75, 3.05) is 6.61 Å². The molecule has 0 radical (unpaired) electrons. The maximum Gasteiger partial charge on any atom is 0.217 e. The third kappa shape index (κ3) is 4.88. The highest BCUT2D eigenvalue weighted by atomic mass is 32.1. The Balaban J connectivity index is 1.77. The molecule has 11 heteroatoms. The maximum atomic E-state index is 11.8. The molecule has 0 saturated carbocycles. The molecular weight excluding hydrogens is 460 g/mol. The Hall–Kier alpha value is -3.09. The molecule has 1 aliphatic heterocycles. The Morgan fingerprint density at radius 3 is 2.38 bits per heavy atom. The first kappa shape index (κ1) is 24.0. The number of para-hydroxylation sites is 2. The first-order valence-electron chi connectivity index (χ1n) is 10.7. The molecule has 0 aliphatic carbocycles. The summed E-state index contributed by atoms with van der Waals surface area (Å²) in [4.78, 5) is 11.8. The lowest BCUT2D eigenvalue weighted by Crippen LogP contribution is -2.62. The highest BCUT2D eigenvalue weighted by molar-refractivity contribution is 7.71. The third-order valence-electron chi connectivity index (χ3n) is 5.51. The van der Waals surface area contributed by atoms with Gasteiger partial charge in [-0.05, 0) is 36.5 Å². The molecule has 1 amide bonds. The van der Waals surface area contributed by atoms with Gasteiger partial charge in [0, 0.05) is 12.6 Å². The Labute approximate surface area is 201 Å². The van der Waals surface area contributed by atoms with Crippen molar-refractivity contribution in [1.82, 2.24) is 19.7 Å². The molecule has 0 unspecified atom stereocenters. The predicted octanol–water partition coefficient (Wildman–Crippen LogP) is 1.10. The first-order valence-corrected chi connectivity index (χ1v) is 11.1. The average molecular weight is 487 g/mol. The summed E-state index contributed by atoms with van der Waals surface area (Å²) in [6.07, 6.45) is -5.03. The number of hydrogen-bond donors (Lipinski definition) is 4. The van der Waals surface area contributed by atoms with Gasteiger partial charge in [0.05, 0.1) is 6.61 Å². The Morgan fingerprint density at radius 2 is 1.76 bits per heavy atom. The predicted molar refractivity (Wildman–Crippen MR) is 124 cm³/mol. The second-order valence-corrected chi connectivity index (χ2v) is 8.24. The lowest BCUT2D eigenvalue weighted by atomic mass is 9.96. The molecule has 1 saturated heterocycles. The number of hydrogen-bond acceptors (Lipinski definition) is 8. The van der Waals surface area contributed by atoms with Crippen LogP contribution in [0.5, 0.6) is 5.75 Å².